The van der Waals surface area contributed by atoms with Gasteiger partial charge in [-0.1, -0.05) is 55.5 Å². The average Bonchev–Trinajstić information content (AvgIpc) is 2.74. The smallest absolute Gasteiger partial charge is 0.307 e. The van der Waals surface area contributed by atoms with E-state index >= 15 is 0 Å². The molecule has 1 saturated carbocycles. The molecule has 0 saturated heterocycles. The second kappa shape index (κ2) is 12.1. The fourth-order valence-corrected chi connectivity index (χ4v) is 4.70. The molecule has 2 rings (SSSR count). The Bertz CT molecular complexity index is 861. The van der Waals surface area contributed by atoms with E-state index in [0.29, 0.717) is 17.6 Å². The van der Waals surface area contributed by atoms with Crippen molar-refractivity contribution in [2.75, 3.05) is 7.11 Å². The Morgan fingerprint density at radius 3 is 2.48 bits per heavy atom. The fraction of sp³-hybridized carbons (Fsp3) is 0.444. The number of ether oxygens (including phenoxy) is 1. The highest BCUT2D eigenvalue weighted by Gasteiger charge is 2.23. The van der Waals surface area contributed by atoms with Gasteiger partial charge in [-0.3, -0.25) is 4.79 Å². The molecule has 1 aliphatic rings. The third-order valence-corrected chi connectivity index (χ3v) is 6.38. The highest BCUT2D eigenvalue weighted by atomic mass is 35.5. The van der Waals surface area contributed by atoms with Gasteiger partial charge in [-0.2, -0.15) is 0 Å². The number of hydrogen-bond acceptors (Lipinski definition) is 2. The zero-order valence-corrected chi connectivity index (χ0v) is 20.0. The molecule has 4 heteroatoms. The molecule has 1 aliphatic carbocycles. The molecule has 3 nitrogen and oxygen atoms in total. The van der Waals surface area contributed by atoms with E-state index in [2.05, 4.69) is 44.7 Å². The topological polar surface area (TPSA) is 46.5 Å². The van der Waals surface area contributed by atoms with E-state index in [1.807, 2.05) is 13.0 Å². The first-order valence-corrected chi connectivity index (χ1v) is 11.4. The molecular weight excluding hydrogens is 408 g/mol. The summed E-state index contributed by atoms with van der Waals surface area (Å²) in [6.07, 6.45) is 13.4. The monoisotopic (exact) mass is 442 g/mol. The summed E-state index contributed by atoms with van der Waals surface area (Å²) in [6, 6.07) is 4.37. The number of aliphatic carboxylic acids is 1. The van der Waals surface area contributed by atoms with E-state index in [9.17, 15) is 9.90 Å². The molecule has 0 atom stereocenters. The molecule has 31 heavy (non-hydrogen) atoms. The fourth-order valence-electron chi connectivity index (χ4n) is 4.31. The van der Waals surface area contributed by atoms with Crippen LogP contribution < -0.4 is 0 Å². The van der Waals surface area contributed by atoms with Gasteiger partial charge in [0.25, 0.3) is 0 Å². The molecule has 1 aromatic carbocycles. The van der Waals surface area contributed by atoms with Gasteiger partial charge in [0, 0.05) is 17.7 Å². The molecule has 0 aromatic heterocycles. The maximum absolute atomic E-state index is 11.2. The molecule has 1 aromatic rings. The quantitative estimate of drug-likeness (QED) is 0.399. The predicted molar refractivity (Wildman–Crippen MR) is 131 cm³/mol. The van der Waals surface area contributed by atoms with Crippen LogP contribution >= 0.6 is 11.6 Å². The maximum atomic E-state index is 11.2. The summed E-state index contributed by atoms with van der Waals surface area (Å²) in [6.45, 7) is 9.89. The van der Waals surface area contributed by atoms with Crippen molar-refractivity contribution in [3.63, 3.8) is 0 Å². The molecule has 0 radical (unpaired) electrons. The molecule has 168 valence electrons. The number of halogens is 1. The minimum Gasteiger partial charge on any atom is -0.481 e. The summed E-state index contributed by atoms with van der Waals surface area (Å²) in [5.41, 5.74) is 6.00. The van der Waals surface area contributed by atoms with Crippen molar-refractivity contribution >= 4 is 23.1 Å². The number of aryl methyl sites for hydroxylation is 1. The highest BCUT2D eigenvalue weighted by Crippen LogP contribution is 2.38. The molecule has 0 spiro atoms. The van der Waals surface area contributed by atoms with Crippen LogP contribution in [0.1, 0.15) is 75.0 Å². The number of methoxy groups -OCH3 is 1. The van der Waals surface area contributed by atoms with Crippen molar-refractivity contribution in [1.82, 2.24) is 0 Å². The molecule has 0 bridgehead atoms. The van der Waals surface area contributed by atoms with E-state index in [1.54, 1.807) is 13.2 Å². The summed E-state index contributed by atoms with van der Waals surface area (Å²) in [5, 5.41) is 9.92. The van der Waals surface area contributed by atoms with Crippen molar-refractivity contribution < 1.29 is 14.6 Å². The van der Waals surface area contributed by atoms with Gasteiger partial charge in [-0.15, -0.1) is 0 Å². The van der Waals surface area contributed by atoms with E-state index in [4.69, 9.17) is 16.3 Å². The molecular formula is C27H35ClO3. The zero-order valence-electron chi connectivity index (χ0n) is 19.2. The predicted octanol–water partition coefficient (Wildman–Crippen LogP) is 7.65. The lowest BCUT2D eigenvalue weighted by atomic mass is 9.81. The summed E-state index contributed by atoms with van der Waals surface area (Å²) in [4.78, 5) is 11.2. The van der Waals surface area contributed by atoms with Gasteiger partial charge < -0.3 is 9.84 Å². The Balaban J connectivity index is 2.45. The minimum absolute atomic E-state index is 0.0492. The number of carboxylic acid groups (broad SMARTS) is 1. The Labute approximate surface area is 192 Å². The van der Waals surface area contributed by atoms with Crippen LogP contribution in [0.2, 0.25) is 5.02 Å². The van der Waals surface area contributed by atoms with Gasteiger partial charge in [-0.05, 0) is 85.8 Å². The molecule has 0 amide bonds. The Hall–Kier alpha value is -2.10. The number of benzene rings is 1. The standard InChI is InChI=1S/C27H35ClO3/c1-6-8-9-22(14-18(3)20(7-2)17-26(29)30)27-19(4)15-23(16-25(27)28)21-10-12-24(31-5)13-11-21/h7-9,14-16,21,24H,2,6,10-13,17H2,1,3-5H3,(H,29,30)/b9-8-,20-18-,22-14+. The number of rotatable bonds is 9. The lowest BCUT2D eigenvalue weighted by Crippen LogP contribution is -2.19. The van der Waals surface area contributed by atoms with Gasteiger partial charge in [-0.25, -0.2) is 0 Å². The third kappa shape index (κ3) is 6.95. The Morgan fingerprint density at radius 1 is 1.29 bits per heavy atom. The SMILES string of the molecule is C=C/C(CC(=O)O)=C(C)/C=C(\C=C/CC)c1c(C)cc(C2CCC(OC)CC2)cc1Cl. The van der Waals surface area contributed by atoms with Crippen molar-refractivity contribution in [3.8, 4) is 0 Å². The normalized spacial score (nSPS) is 20.6. The Morgan fingerprint density at radius 2 is 1.97 bits per heavy atom. The van der Waals surface area contributed by atoms with E-state index in [0.717, 1.165) is 59.4 Å². The van der Waals surface area contributed by atoms with Crippen molar-refractivity contribution in [2.45, 2.75) is 71.3 Å². The summed E-state index contributed by atoms with van der Waals surface area (Å²) < 4.78 is 5.51. The molecule has 1 fully saturated rings. The first-order valence-electron chi connectivity index (χ1n) is 11.1. The summed E-state index contributed by atoms with van der Waals surface area (Å²) in [7, 11) is 1.79. The number of carboxylic acids is 1. The molecule has 0 unspecified atom stereocenters. The molecule has 0 aliphatic heterocycles. The summed E-state index contributed by atoms with van der Waals surface area (Å²) >= 11 is 6.84. The lowest BCUT2D eigenvalue weighted by Gasteiger charge is -2.28. The van der Waals surface area contributed by atoms with Crippen LogP contribution in [0.4, 0.5) is 0 Å². The van der Waals surface area contributed by atoms with Crippen molar-refractivity contribution in [3.05, 3.63) is 75.9 Å². The van der Waals surface area contributed by atoms with Crippen molar-refractivity contribution in [1.29, 1.82) is 0 Å². The second-order valence-electron chi connectivity index (χ2n) is 8.30. The van der Waals surface area contributed by atoms with Crippen LogP contribution in [0.15, 0.2) is 54.2 Å². The zero-order chi connectivity index (χ0) is 23.0. The summed E-state index contributed by atoms with van der Waals surface area (Å²) in [5.74, 6) is -0.352. The Kier molecular flexibility index (Phi) is 9.80. The van der Waals surface area contributed by atoms with E-state index in [1.165, 1.54) is 5.56 Å². The van der Waals surface area contributed by atoms with Gasteiger partial charge in [0.2, 0.25) is 0 Å². The van der Waals surface area contributed by atoms with Gasteiger partial charge in [0.15, 0.2) is 0 Å². The lowest BCUT2D eigenvalue weighted by molar-refractivity contribution is -0.136. The van der Waals surface area contributed by atoms with Crippen LogP contribution in [-0.2, 0) is 9.53 Å². The highest BCUT2D eigenvalue weighted by molar-refractivity contribution is 6.32. The van der Waals surface area contributed by atoms with Crippen LogP contribution in [0.25, 0.3) is 5.57 Å². The minimum atomic E-state index is -0.866. The number of carbonyl (C=O) groups is 1. The van der Waals surface area contributed by atoms with Gasteiger partial charge >= 0.3 is 5.97 Å². The number of hydrogen-bond donors (Lipinski definition) is 1. The van der Waals surface area contributed by atoms with Crippen LogP contribution in [-0.4, -0.2) is 24.3 Å². The molecule has 1 N–H and O–H groups in total. The van der Waals surface area contributed by atoms with Gasteiger partial charge in [0.05, 0.1) is 12.5 Å². The first kappa shape index (κ1) is 25.2. The average molecular weight is 443 g/mol. The largest absolute Gasteiger partial charge is 0.481 e. The van der Waals surface area contributed by atoms with Gasteiger partial charge in [0.1, 0.15) is 0 Å². The number of allylic oxidation sites excluding steroid dienone is 6. The molecule has 0 heterocycles. The van der Waals surface area contributed by atoms with Crippen LogP contribution in [0, 0.1) is 6.92 Å². The van der Waals surface area contributed by atoms with E-state index < -0.39 is 5.97 Å². The third-order valence-electron chi connectivity index (χ3n) is 6.08. The van der Waals surface area contributed by atoms with Crippen LogP contribution in [0.3, 0.4) is 0 Å². The first-order chi connectivity index (χ1) is 14.8. The second-order valence-corrected chi connectivity index (χ2v) is 8.70. The van der Waals surface area contributed by atoms with Crippen molar-refractivity contribution in [2.24, 2.45) is 0 Å². The maximum Gasteiger partial charge on any atom is 0.307 e. The van der Waals surface area contributed by atoms with E-state index in [-0.39, 0.29) is 6.42 Å². The van der Waals surface area contributed by atoms with Crippen LogP contribution in [0.5, 0.6) is 0 Å².